The Hall–Kier alpha value is -2.21. The van der Waals surface area contributed by atoms with Crippen molar-refractivity contribution < 1.29 is 9.18 Å². The molecular weight excluding hydrogens is 259 g/mol. The van der Waals surface area contributed by atoms with Gasteiger partial charge in [-0.2, -0.15) is 5.10 Å². The Labute approximate surface area is 116 Å². The Morgan fingerprint density at radius 3 is 2.90 bits per heavy atom. The first-order chi connectivity index (χ1) is 9.47. The summed E-state index contributed by atoms with van der Waals surface area (Å²) in [4.78, 5) is 11.9. The summed E-state index contributed by atoms with van der Waals surface area (Å²) in [5, 5.41) is 6.65. The molecule has 0 saturated heterocycles. The molecule has 0 aliphatic heterocycles. The van der Waals surface area contributed by atoms with Crippen molar-refractivity contribution in [2.24, 2.45) is 12.8 Å². The van der Waals surface area contributed by atoms with Gasteiger partial charge in [-0.3, -0.25) is 9.48 Å². The Bertz CT molecular complexity index is 623. The summed E-state index contributed by atoms with van der Waals surface area (Å²) in [5.41, 5.74) is 7.74. The topological polar surface area (TPSA) is 72.9 Å². The second kappa shape index (κ2) is 5.83. The number of halogens is 1. The fraction of sp³-hybridized carbons (Fsp3) is 0.286. The molecule has 20 heavy (non-hydrogen) atoms. The third-order valence-corrected chi connectivity index (χ3v) is 3.07. The molecule has 0 saturated carbocycles. The zero-order valence-electron chi connectivity index (χ0n) is 11.4. The van der Waals surface area contributed by atoms with Gasteiger partial charge in [-0.1, -0.05) is 12.1 Å². The van der Waals surface area contributed by atoms with E-state index in [-0.39, 0.29) is 18.3 Å². The van der Waals surface area contributed by atoms with Crippen LogP contribution in [0.3, 0.4) is 0 Å². The number of nitrogens with two attached hydrogens (primary N) is 1. The molecule has 1 atom stereocenters. The smallest absolute Gasteiger partial charge is 0.241 e. The van der Waals surface area contributed by atoms with E-state index >= 15 is 0 Å². The standard InChI is InChI=1S/C14H17FN4O/c1-9-3-4-10(5-12(9)15)6-17-14(20)13(16)11-7-18-19(2)8-11/h3-5,7-8,13H,6,16H2,1-2H3,(H,17,20). The van der Waals surface area contributed by atoms with Crippen molar-refractivity contribution >= 4 is 5.91 Å². The van der Waals surface area contributed by atoms with Crippen LogP contribution in [0.4, 0.5) is 4.39 Å². The van der Waals surface area contributed by atoms with Gasteiger partial charge < -0.3 is 11.1 Å². The molecule has 5 nitrogen and oxygen atoms in total. The highest BCUT2D eigenvalue weighted by Gasteiger charge is 2.16. The van der Waals surface area contributed by atoms with E-state index in [4.69, 9.17) is 5.73 Å². The summed E-state index contributed by atoms with van der Waals surface area (Å²) in [6.07, 6.45) is 3.24. The normalized spacial score (nSPS) is 12.2. The second-order valence-corrected chi connectivity index (χ2v) is 4.73. The van der Waals surface area contributed by atoms with E-state index in [1.807, 2.05) is 0 Å². The number of rotatable bonds is 4. The molecule has 2 rings (SSSR count). The van der Waals surface area contributed by atoms with Crippen LogP contribution in [0.5, 0.6) is 0 Å². The lowest BCUT2D eigenvalue weighted by Crippen LogP contribution is -2.33. The average molecular weight is 276 g/mol. The number of nitrogens with one attached hydrogen (secondary N) is 1. The Morgan fingerprint density at radius 1 is 1.55 bits per heavy atom. The van der Waals surface area contributed by atoms with Crippen molar-refractivity contribution in [2.45, 2.75) is 19.5 Å². The number of aryl methyl sites for hydroxylation is 2. The van der Waals surface area contributed by atoms with Crippen molar-refractivity contribution in [1.29, 1.82) is 0 Å². The number of amides is 1. The van der Waals surface area contributed by atoms with Crippen LogP contribution in [0.2, 0.25) is 0 Å². The minimum Gasteiger partial charge on any atom is -0.350 e. The zero-order valence-corrected chi connectivity index (χ0v) is 11.4. The van der Waals surface area contributed by atoms with Crippen molar-refractivity contribution in [3.05, 3.63) is 53.1 Å². The first kappa shape index (κ1) is 14.2. The molecule has 6 heteroatoms. The minimum absolute atomic E-state index is 0.240. The maximum absolute atomic E-state index is 13.4. The summed E-state index contributed by atoms with van der Waals surface area (Å²) < 4.78 is 15.0. The van der Waals surface area contributed by atoms with Gasteiger partial charge in [0.2, 0.25) is 5.91 Å². The van der Waals surface area contributed by atoms with E-state index in [9.17, 15) is 9.18 Å². The highest BCUT2D eigenvalue weighted by Crippen LogP contribution is 2.11. The van der Waals surface area contributed by atoms with Crippen LogP contribution in [0.15, 0.2) is 30.6 Å². The van der Waals surface area contributed by atoms with Gasteiger partial charge in [0.25, 0.3) is 0 Å². The fourth-order valence-corrected chi connectivity index (χ4v) is 1.80. The first-order valence-corrected chi connectivity index (χ1v) is 6.24. The van der Waals surface area contributed by atoms with Crippen molar-refractivity contribution in [3.63, 3.8) is 0 Å². The maximum Gasteiger partial charge on any atom is 0.241 e. The molecule has 106 valence electrons. The van der Waals surface area contributed by atoms with E-state index in [1.165, 1.54) is 6.07 Å². The van der Waals surface area contributed by atoms with Crippen molar-refractivity contribution in [3.8, 4) is 0 Å². The lowest BCUT2D eigenvalue weighted by molar-refractivity contribution is -0.122. The van der Waals surface area contributed by atoms with Gasteiger partial charge >= 0.3 is 0 Å². The van der Waals surface area contributed by atoms with E-state index in [0.717, 1.165) is 0 Å². The first-order valence-electron chi connectivity index (χ1n) is 6.24. The lowest BCUT2D eigenvalue weighted by Gasteiger charge is -2.11. The predicted octanol–water partition coefficient (Wildman–Crippen LogP) is 1.18. The van der Waals surface area contributed by atoms with Crippen molar-refractivity contribution in [2.75, 3.05) is 0 Å². The molecular formula is C14H17FN4O. The summed E-state index contributed by atoms with van der Waals surface area (Å²) in [7, 11) is 1.75. The number of aromatic nitrogens is 2. The van der Waals surface area contributed by atoms with Gasteiger partial charge in [0.1, 0.15) is 11.9 Å². The van der Waals surface area contributed by atoms with Gasteiger partial charge in [0, 0.05) is 25.4 Å². The van der Waals surface area contributed by atoms with Crippen LogP contribution in [-0.2, 0) is 18.4 Å². The number of carbonyl (C=O) groups is 1. The molecule has 1 aromatic heterocycles. The Morgan fingerprint density at radius 2 is 2.30 bits per heavy atom. The lowest BCUT2D eigenvalue weighted by atomic mass is 10.1. The molecule has 1 heterocycles. The van der Waals surface area contributed by atoms with Crippen LogP contribution in [0, 0.1) is 12.7 Å². The highest BCUT2D eigenvalue weighted by atomic mass is 19.1. The molecule has 1 aromatic carbocycles. The van der Waals surface area contributed by atoms with Gasteiger partial charge in [-0.15, -0.1) is 0 Å². The van der Waals surface area contributed by atoms with Gasteiger partial charge in [0.05, 0.1) is 6.20 Å². The van der Waals surface area contributed by atoms with Crippen LogP contribution in [-0.4, -0.2) is 15.7 Å². The molecule has 0 spiro atoms. The minimum atomic E-state index is -0.779. The van der Waals surface area contributed by atoms with E-state index in [0.29, 0.717) is 16.7 Å². The number of carbonyl (C=O) groups excluding carboxylic acids is 1. The Balaban J connectivity index is 1.96. The summed E-state index contributed by atoms with van der Waals surface area (Å²) in [5.74, 6) is -0.604. The highest BCUT2D eigenvalue weighted by molar-refractivity contribution is 5.82. The molecule has 0 aliphatic carbocycles. The Kier molecular flexibility index (Phi) is 4.14. The molecule has 0 aliphatic rings. The summed E-state index contributed by atoms with van der Waals surface area (Å²) >= 11 is 0. The third-order valence-electron chi connectivity index (χ3n) is 3.07. The van der Waals surface area contributed by atoms with E-state index < -0.39 is 6.04 Å². The quantitative estimate of drug-likeness (QED) is 0.881. The monoisotopic (exact) mass is 276 g/mol. The van der Waals surface area contributed by atoms with E-state index in [2.05, 4.69) is 10.4 Å². The molecule has 1 amide bonds. The van der Waals surface area contributed by atoms with Gasteiger partial charge in [0.15, 0.2) is 0 Å². The average Bonchev–Trinajstić information content (AvgIpc) is 2.85. The van der Waals surface area contributed by atoms with Crippen molar-refractivity contribution in [1.82, 2.24) is 15.1 Å². The van der Waals surface area contributed by atoms with Crippen LogP contribution < -0.4 is 11.1 Å². The number of hydrogen-bond acceptors (Lipinski definition) is 3. The number of benzene rings is 1. The number of nitrogens with zero attached hydrogens (tertiary/aromatic N) is 2. The molecule has 0 fully saturated rings. The van der Waals surface area contributed by atoms with Crippen LogP contribution >= 0.6 is 0 Å². The second-order valence-electron chi connectivity index (χ2n) is 4.73. The maximum atomic E-state index is 13.4. The number of hydrogen-bond donors (Lipinski definition) is 2. The van der Waals surface area contributed by atoms with Gasteiger partial charge in [-0.05, 0) is 24.1 Å². The van der Waals surface area contributed by atoms with Crippen LogP contribution in [0.1, 0.15) is 22.7 Å². The molecule has 3 N–H and O–H groups in total. The molecule has 1 unspecified atom stereocenters. The molecule has 0 radical (unpaired) electrons. The van der Waals surface area contributed by atoms with Crippen LogP contribution in [0.25, 0.3) is 0 Å². The summed E-state index contributed by atoms with van der Waals surface area (Å²) in [6.45, 7) is 1.93. The third kappa shape index (κ3) is 3.21. The SMILES string of the molecule is Cc1ccc(CNC(=O)C(N)c2cnn(C)c2)cc1F. The van der Waals surface area contributed by atoms with E-state index in [1.54, 1.807) is 43.2 Å². The predicted molar refractivity (Wildman–Crippen MR) is 73.1 cm³/mol. The fourth-order valence-electron chi connectivity index (χ4n) is 1.80. The summed E-state index contributed by atoms with van der Waals surface area (Å²) in [6, 6.07) is 4.08. The van der Waals surface area contributed by atoms with Gasteiger partial charge in [-0.25, -0.2) is 4.39 Å². The zero-order chi connectivity index (χ0) is 14.7. The molecule has 2 aromatic rings. The largest absolute Gasteiger partial charge is 0.350 e. The molecule has 0 bridgehead atoms.